The smallest absolute Gasteiger partial charge is 0.273 e. The van der Waals surface area contributed by atoms with Gasteiger partial charge < -0.3 is 4.90 Å². The SMILES string of the molecule is Cc1nn(C)c(C(=O)N(C)Cc2ccn(C)n2)c1Cl. The molecule has 0 aliphatic carbocycles. The van der Waals surface area contributed by atoms with E-state index < -0.39 is 0 Å². The predicted molar refractivity (Wildman–Crippen MR) is 72.0 cm³/mol. The van der Waals surface area contributed by atoms with Gasteiger partial charge in [-0.2, -0.15) is 10.2 Å². The molecule has 0 bridgehead atoms. The Hall–Kier alpha value is -1.82. The molecular formula is C12H16ClN5O. The number of nitrogens with zero attached hydrogens (tertiary/aromatic N) is 5. The molecule has 0 radical (unpaired) electrons. The maximum atomic E-state index is 12.4. The number of aromatic nitrogens is 4. The molecule has 0 spiro atoms. The van der Waals surface area contributed by atoms with Crippen LogP contribution >= 0.6 is 11.6 Å². The van der Waals surface area contributed by atoms with Crippen LogP contribution in [0.15, 0.2) is 12.3 Å². The van der Waals surface area contributed by atoms with Gasteiger partial charge in [0.15, 0.2) is 0 Å². The lowest BCUT2D eigenvalue weighted by atomic mass is 10.3. The van der Waals surface area contributed by atoms with Crippen molar-refractivity contribution in [3.05, 3.63) is 34.4 Å². The Bertz CT molecular complexity index is 616. The second kappa shape index (κ2) is 5.05. The Morgan fingerprint density at radius 3 is 2.58 bits per heavy atom. The van der Waals surface area contributed by atoms with E-state index in [0.29, 0.717) is 23.0 Å². The molecule has 2 aromatic heterocycles. The summed E-state index contributed by atoms with van der Waals surface area (Å²) < 4.78 is 3.21. The fourth-order valence-corrected chi connectivity index (χ4v) is 2.15. The highest BCUT2D eigenvalue weighted by Gasteiger charge is 2.22. The van der Waals surface area contributed by atoms with Gasteiger partial charge in [0.1, 0.15) is 5.69 Å². The summed E-state index contributed by atoms with van der Waals surface area (Å²) >= 11 is 6.11. The van der Waals surface area contributed by atoms with Crippen LogP contribution in [0, 0.1) is 6.92 Å². The van der Waals surface area contributed by atoms with Crippen LogP contribution in [-0.4, -0.2) is 37.4 Å². The first-order chi connectivity index (χ1) is 8.90. The van der Waals surface area contributed by atoms with Crippen molar-refractivity contribution in [3.63, 3.8) is 0 Å². The standard InChI is InChI=1S/C12H16ClN5O/c1-8-10(13)11(18(4)14-8)12(19)16(2)7-9-5-6-17(3)15-9/h5-6H,7H2,1-4H3. The first-order valence-electron chi connectivity index (χ1n) is 5.83. The highest BCUT2D eigenvalue weighted by Crippen LogP contribution is 2.21. The number of aryl methyl sites for hydroxylation is 3. The Morgan fingerprint density at radius 2 is 2.11 bits per heavy atom. The summed E-state index contributed by atoms with van der Waals surface area (Å²) in [5, 5.41) is 8.79. The van der Waals surface area contributed by atoms with E-state index in [2.05, 4.69) is 10.2 Å². The Morgan fingerprint density at radius 1 is 1.42 bits per heavy atom. The minimum Gasteiger partial charge on any atom is -0.334 e. The summed E-state index contributed by atoms with van der Waals surface area (Å²) in [4.78, 5) is 13.9. The van der Waals surface area contributed by atoms with Crippen LogP contribution in [0.25, 0.3) is 0 Å². The van der Waals surface area contributed by atoms with E-state index in [-0.39, 0.29) is 5.91 Å². The van der Waals surface area contributed by atoms with Gasteiger partial charge in [-0.05, 0) is 13.0 Å². The summed E-state index contributed by atoms with van der Waals surface area (Å²) in [6.45, 7) is 2.21. The Balaban J connectivity index is 2.19. The molecule has 2 rings (SSSR count). The fraction of sp³-hybridized carbons (Fsp3) is 0.417. The molecule has 0 atom stereocenters. The summed E-state index contributed by atoms with van der Waals surface area (Å²) in [7, 11) is 5.27. The second-order valence-corrected chi connectivity index (χ2v) is 4.89. The van der Waals surface area contributed by atoms with Crippen LogP contribution in [0.5, 0.6) is 0 Å². The highest BCUT2D eigenvalue weighted by atomic mass is 35.5. The molecule has 0 aromatic carbocycles. The number of halogens is 1. The summed E-state index contributed by atoms with van der Waals surface area (Å²) in [5.74, 6) is -0.168. The van der Waals surface area contributed by atoms with Gasteiger partial charge in [0.25, 0.3) is 5.91 Å². The van der Waals surface area contributed by atoms with Crippen LogP contribution in [0.3, 0.4) is 0 Å². The van der Waals surface area contributed by atoms with Crippen molar-refractivity contribution in [2.75, 3.05) is 7.05 Å². The van der Waals surface area contributed by atoms with E-state index in [1.165, 1.54) is 4.68 Å². The van der Waals surface area contributed by atoms with Crippen molar-refractivity contribution in [3.8, 4) is 0 Å². The molecular weight excluding hydrogens is 266 g/mol. The van der Waals surface area contributed by atoms with Crippen LogP contribution in [-0.2, 0) is 20.6 Å². The van der Waals surface area contributed by atoms with Gasteiger partial charge in [-0.1, -0.05) is 11.6 Å². The third-order valence-corrected chi connectivity index (χ3v) is 3.32. The Labute approximate surface area is 116 Å². The molecule has 6 nitrogen and oxygen atoms in total. The van der Waals surface area contributed by atoms with Gasteiger partial charge in [-0.3, -0.25) is 14.2 Å². The van der Waals surface area contributed by atoms with E-state index in [1.807, 2.05) is 19.3 Å². The summed E-state index contributed by atoms with van der Waals surface area (Å²) in [5.41, 5.74) is 1.88. The average molecular weight is 282 g/mol. The highest BCUT2D eigenvalue weighted by molar-refractivity contribution is 6.34. The minimum absolute atomic E-state index is 0.168. The molecule has 0 saturated carbocycles. The number of carbonyl (C=O) groups excluding carboxylic acids is 1. The number of amides is 1. The zero-order valence-electron chi connectivity index (χ0n) is 11.4. The minimum atomic E-state index is -0.168. The zero-order chi connectivity index (χ0) is 14.2. The lowest BCUT2D eigenvalue weighted by molar-refractivity contribution is 0.0772. The predicted octanol–water partition coefficient (Wildman–Crippen LogP) is 1.39. The third-order valence-electron chi connectivity index (χ3n) is 2.87. The molecule has 0 unspecified atom stereocenters. The van der Waals surface area contributed by atoms with E-state index in [9.17, 15) is 4.79 Å². The van der Waals surface area contributed by atoms with Crippen LogP contribution in [0.4, 0.5) is 0 Å². The first-order valence-corrected chi connectivity index (χ1v) is 6.21. The number of hydrogen-bond donors (Lipinski definition) is 0. The molecule has 0 fully saturated rings. The van der Waals surface area contributed by atoms with E-state index in [0.717, 1.165) is 5.69 Å². The molecule has 0 N–H and O–H groups in total. The van der Waals surface area contributed by atoms with Crippen molar-refractivity contribution in [1.29, 1.82) is 0 Å². The quantitative estimate of drug-likeness (QED) is 0.854. The normalized spacial score (nSPS) is 10.8. The number of hydrogen-bond acceptors (Lipinski definition) is 3. The zero-order valence-corrected chi connectivity index (χ0v) is 12.1. The van der Waals surface area contributed by atoms with Crippen molar-refractivity contribution in [2.24, 2.45) is 14.1 Å². The summed E-state index contributed by atoms with van der Waals surface area (Å²) in [6.07, 6.45) is 1.84. The van der Waals surface area contributed by atoms with E-state index in [1.54, 1.807) is 30.6 Å². The van der Waals surface area contributed by atoms with Crippen molar-refractivity contribution in [1.82, 2.24) is 24.5 Å². The number of carbonyl (C=O) groups is 1. The topological polar surface area (TPSA) is 56.0 Å². The second-order valence-electron chi connectivity index (χ2n) is 4.51. The lowest BCUT2D eigenvalue weighted by Crippen LogP contribution is -2.28. The van der Waals surface area contributed by atoms with E-state index in [4.69, 9.17) is 11.6 Å². The molecule has 2 heterocycles. The van der Waals surface area contributed by atoms with Gasteiger partial charge in [0.05, 0.1) is 23.0 Å². The first kappa shape index (κ1) is 13.6. The van der Waals surface area contributed by atoms with Crippen LogP contribution in [0.2, 0.25) is 5.02 Å². The maximum Gasteiger partial charge on any atom is 0.273 e. The molecule has 102 valence electrons. The molecule has 2 aromatic rings. The third kappa shape index (κ3) is 2.63. The van der Waals surface area contributed by atoms with Crippen molar-refractivity contribution >= 4 is 17.5 Å². The molecule has 0 aliphatic rings. The van der Waals surface area contributed by atoms with Crippen LogP contribution in [0.1, 0.15) is 21.9 Å². The van der Waals surface area contributed by atoms with Gasteiger partial charge in [0.2, 0.25) is 0 Å². The average Bonchev–Trinajstić information content (AvgIpc) is 2.84. The van der Waals surface area contributed by atoms with Crippen molar-refractivity contribution in [2.45, 2.75) is 13.5 Å². The molecule has 0 saturated heterocycles. The Kier molecular flexibility index (Phi) is 3.61. The maximum absolute atomic E-state index is 12.4. The van der Waals surface area contributed by atoms with E-state index >= 15 is 0 Å². The summed E-state index contributed by atoms with van der Waals surface area (Å²) in [6, 6.07) is 1.87. The molecule has 0 aliphatic heterocycles. The van der Waals surface area contributed by atoms with Gasteiger partial charge >= 0.3 is 0 Å². The van der Waals surface area contributed by atoms with Crippen molar-refractivity contribution < 1.29 is 4.79 Å². The largest absolute Gasteiger partial charge is 0.334 e. The monoisotopic (exact) mass is 281 g/mol. The molecule has 1 amide bonds. The van der Waals surface area contributed by atoms with Gasteiger partial charge in [0, 0.05) is 27.3 Å². The van der Waals surface area contributed by atoms with Crippen LogP contribution < -0.4 is 0 Å². The number of rotatable bonds is 3. The van der Waals surface area contributed by atoms with Gasteiger partial charge in [-0.25, -0.2) is 0 Å². The molecule has 19 heavy (non-hydrogen) atoms. The fourth-order valence-electron chi connectivity index (χ4n) is 1.91. The molecule has 7 heteroatoms. The lowest BCUT2D eigenvalue weighted by Gasteiger charge is -2.16. The van der Waals surface area contributed by atoms with Gasteiger partial charge in [-0.15, -0.1) is 0 Å².